The molecule has 1 N–H and O–H groups in total. The normalized spacial score (nSPS) is 10.8. The Labute approximate surface area is 121 Å². The number of benzene rings is 1. The minimum absolute atomic E-state index is 0.159. The van der Waals surface area contributed by atoms with Gasteiger partial charge in [0.15, 0.2) is 0 Å². The summed E-state index contributed by atoms with van der Waals surface area (Å²) in [5.74, 6) is -0.414. The molecule has 6 heteroatoms. The molecule has 0 aliphatic heterocycles. The van der Waals surface area contributed by atoms with E-state index in [4.69, 9.17) is 16.3 Å². The van der Waals surface area contributed by atoms with Crippen LogP contribution in [0.5, 0.6) is 0 Å². The van der Waals surface area contributed by atoms with E-state index in [1.165, 1.54) is 17.7 Å². The van der Waals surface area contributed by atoms with Crippen LogP contribution in [0, 0.1) is 0 Å². The van der Waals surface area contributed by atoms with Crippen LogP contribution in [0.3, 0.4) is 0 Å². The minimum atomic E-state index is -0.255. The van der Waals surface area contributed by atoms with Crippen LogP contribution >= 0.6 is 11.6 Å². The van der Waals surface area contributed by atoms with Gasteiger partial charge in [-0.15, -0.1) is 0 Å². The Morgan fingerprint density at radius 3 is 2.80 bits per heavy atom. The fourth-order valence-corrected chi connectivity index (χ4v) is 2.18. The Hall–Kier alpha value is -1.85. The van der Waals surface area contributed by atoms with Gasteiger partial charge in [0.05, 0.1) is 17.7 Å². The van der Waals surface area contributed by atoms with Crippen molar-refractivity contribution < 1.29 is 14.3 Å². The first-order valence-electron chi connectivity index (χ1n) is 6.13. The van der Waals surface area contributed by atoms with Crippen LogP contribution in [-0.2, 0) is 4.74 Å². The second-order valence-corrected chi connectivity index (χ2v) is 4.78. The maximum absolute atomic E-state index is 12.1. The van der Waals surface area contributed by atoms with Crippen molar-refractivity contribution in [2.24, 2.45) is 0 Å². The van der Waals surface area contributed by atoms with Gasteiger partial charge in [-0.05, 0) is 18.2 Å². The van der Waals surface area contributed by atoms with E-state index in [1.54, 1.807) is 25.3 Å². The molecule has 0 spiro atoms. The maximum Gasteiger partial charge on any atom is 0.253 e. The van der Waals surface area contributed by atoms with Crippen LogP contribution in [0.25, 0.3) is 10.9 Å². The number of carbonyl (C=O) groups excluding carboxylic acids is 2. The lowest BCUT2D eigenvalue weighted by atomic mass is 10.1. The van der Waals surface area contributed by atoms with Gasteiger partial charge in [0.25, 0.3) is 5.91 Å². The third kappa shape index (κ3) is 2.84. The van der Waals surface area contributed by atoms with Crippen molar-refractivity contribution in [1.29, 1.82) is 0 Å². The van der Waals surface area contributed by atoms with E-state index < -0.39 is 0 Å². The summed E-state index contributed by atoms with van der Waals surface area (Å²) < 4.78 is 6.32. The van der Waals surface area contributed by atoms with Crippen LogP contribution in [0.4, 0.5) is 0 Å². The first kappa shape index (κ1) is 14.6. The number of carbonyl (C=O) groups is 2. The summed E-state index contributed by atoms with van der Waals surface area (Å²) >= 11 is 5.97. The number of ether oxygens (including phenoxy) is 1. The van der Waals surface area contributed by atoms with Gasteiger partial charge in [-0.2, -0.15) is 0 Å². The largest absolute Gasteiger partial charge is 0.383 e. The molecule has 0 aliphatic rings. The quantitative estimate of drug-likeness (QED) is 0.881. The predicted octanol–water partition coefficient (Wildman–Crippen LogP) is 2.33. The summed E-state index contributed by atoms with van der Waals surface area (Å²) in [6.45, 7) is 2.28. The summed E-state index contributed by atoms with van der Waals surface area (Å²) in [7, 11) is 1.56. The maximum atomic E-state index is 12.1. The van der Waals surface area contributed by atoms with E-state index in [0.717, 1.165) is 0 Å². The molecule has 0 atom stereocenters. The number of halogens is 1. The smallest absolute Gasteiger partial charge is 0.253 e. The first-order valence-corrected chi connectivity index (χ1v) is 6.51. The molecule has 0 aliphatic carbocycles. The first-order chi connectivity index (χ1) is 9.54. The molecule has 1 heterocycles. The highest BCUT2D eigenvalue weighted by atomic mass is 35.5. The SMILES string of the molecule is COCCNC(=O)c1cn(C(C)=O)c2ccc(Cl)cc12. The number of hydrogen-bond acceptors (Lipinski definition) is 3. The summed E-state index contributed by atoms with van der Waals surface area (Å²) in [6, 6.07) is 5.10. The molecule has 0 radical (unpaired) electrons. The third-order valence-electron chi connectivity index (χ3n) is 2.94. The molecule has 20 heavy (non-hydrogen) atoms. The van der Waals surface area contributed by atoms with Gasteiger partial charge in [-0.25, -0.2) is 0 Å². The minimum Gasteiger partial charge on any atom is -0.383 e. The lowest BCUT2D eigenvalue weighted by Gasteiger charge is -2.03. The zero-order valence-corrected chi connectivity index (χ0v) is 12.0. The van der Waals surface area contributed by atoms with Gasteiger partial charge in [0.2, 0.25) is 5.91 Å². The Morgan fingerprint density at radius 1 is 1.40 bits per heavy atom. The molecular weight excluding hydrogens is 280 g/mol. The van der Waals surface area contributed by atoms with Crippen LogP contribution in [-0.4, -0.2) is 36.6 Å². The van der Waals surface area contributed by atoms with Gasteiger partial charge < -0.3 is 10.1 Å². The zero-order valence-electron chi connectivity index (χ0n) is 11.3. The van der Waals surface area contributed by atoms with Crippen molar-refractivity contribution in [3.8, 4) is 0 Å². The van der Waals surface area contributed by atoms with E-state index in [-0.39, 0.29) is 11.8 Å². The fourth-order valence-electron chi connectivity index (χ4n) is 2.01. The number of methoxy groups -OCH3 is 1. The van der Waals surface area contributed by atoms with Crippen molar-refractivity contribution in [2.45, 2.75) is 6.92 Å². The molecule has 2 rings (SSSR count). The third-order valence-corrected chi connectivity index (χ3v) is 3.18. The number of fused-ring (bicyclic) bond motifs is 1. The van der Waals surface area contributed by atoms with Gasteiger partial charge in [-0.1, -0.05) is 11.6 Å². The molecular formula is C14H15ClN2O3. The Morgan fingerprint density at radius 2 is 2.15 bits per heavy atom. The van der Waals surface area contributed by atoms with Crippen molar-refractivity contribution in [3.63, 3.8) is 0 Å². The fraction of sp³-hybridized carbons (Fsp3) is 0.286. The van der Waals surface area contributed by atoms with E-state index in [0.29, 0.717) is 34.6 Å². The number of amides is 1. The summed E-state index contributed by atoms with van der Waals surface area (Å²) in [5, 5.41) is 3.91. The van der Waals surface area contributed by atoms with Crippen molar-refractivity contribution >= 4 is 34.3 Å². The number of aromatic nitrogens is 1. The average molecular weight is 295 g/mol. The van der Waals surface area contributed by atoms with E-state index >= 15 is 0 Å². The van der Waals surface area contributed by atoms with Gasteiger partial charge in [-0.3, -0.25) is 14.2 Å². The molecule has 106 valence electrons. The second-order valence-electron chi connectivity index (χ2n) is 4.34. The molecule has 2 aromatic rings. The number of nitrogens with one attached hydrogen (secondary N) is 1. The van der Waals surface area contributed by atoms with Gasteiger partial charge in [0, 0.05) is 37.2 Å². The molecule has 0 saturated carbocycles. The predicted molar refractivity (Wildman–Crippen MR) is 77.5 cm³/mol. The highest BCUT2D eigenvalue weighted by molar-refractivity contribution is 6.31. The molecule has 1 aromatic heterocycles. The lowest BCUT2D eigenvalue weighted by molar-refractivity contribution is 0.0938. The topological polar surface area (TPSA) is 60.3 Å². The highest BCUT2D eigenvalue weighted by Gasteiger charge is 2.16. The van der Waals surface area contributed by atoms with Gasteiger partial charge >= 0.3 is 0 Å². The molecule has 0 saturated heterocycles. The molecule has 0 unspecified atom stereocenters. The summed E-state index contributed by atoms with van der Waals surface area (Å²) in [4.78, 5) is 23.8. The Kier molecular flexibility index (Phi) is 4.42. The number of rotatable bonds is 4. The lowest BCUT2D eigenvalue weighted by Crippen LogP contribution is -2.26. The Balaban J connectivity index is 2.44. The van der Waals surface area contributed by atoms with Crippen molar-refractivity contribution in [2.75, 3.05) is 20.3 Å². The molecule has 1 amide bonds. The van der Waals surface area contributed by atoms with E-state index in [2.05, 4.69) is 5.32 Å². The van der Waals surface area contributed by atoms with Crippen LogP contribution in [0.15, 0.2) is 24.4 Å². The van der Waals surface area contributed by atoms with Crippen LogP contribution in [0.2, 0.25) is 5.02 Å². The second kappa shape index (κ2) is 6.07. The summed E-state index contributed by atoms with van der Waals surface area (Å²) in [6.07, 6.45) is 1.53. The molecule has 0 fully saturated rings. The monoisotopic (exact) mass is 294 g/mol. The summed E-state index contributed by atoms with van der Waals surface area (Å²) in [5.41, 5.74) is 1.09. The van der Waals surface area contributed by atoms with E-state index in [9.17, 15) is 9.59 Å². The highest BCUT2D eigenvalue weighted by Crippen LogP contribution is 2.25. The standard InChI is InChI=1S/C14H15ClN2O3/c1-9(18)17-8-12(14(19)16-5-6-20-2)11-7-10(15)3-4-13(11)17/h3-4,7-8H,5-6H2,1-2H3,(H,16,19). The van der Waals surface area contributed by atoms with E-state index in [1.807, 2.05) is 0 Å². The Bertz CT molecular complexity index is 664. The van der Waals surface area contributed by atoms with Crippen molar-refractivity contribution in [3.05, 3.63) is 35.0 Å². The number of nitrogens with zero attached hydrogens (tertiary/aromatic N) is 1. The molecule has 0 bridgehead atoms. The average Bonchev–Trinajstić information content (AvgIpc) is 2.77. The van der Waals surface area contributed by atoms with Crippen LogP contribution in [0.1, 0.15) is 22.1 Å². The van der Waals surface area contributed by atoms with Crippen LogP contribution < -0.4 is 5.32 Å². The molecule has 1 aromatic carbocycles. The zero-order chi connectivity index (χ0) is 14.7. The van der Waals surface area contributed by atoms with Crippen molar-refractivity contribution in [1.82, 2.24) is 9.88 Å². The number of hydrogen-bond donors (Lipinski definition) is 1. The molecule has 5 nitrogen and oxygen atoms in total. The van der Waals surface area contributed by atoms with Gasteiger partial charge in [0.1, 0.15) is 0 Å².